The van der Waals surface area contributed by atoms with Gasteiger partial charge in [0.25, 0.3) is 0 Å². The Hall–Kier alpha value is -2.23. The molecule has 0 saturated heterocycles. The minimum absolute atomic E-state index is 0.231. The quantitative estimate of drug-likeness (QED) is 0.612. The first-order valence-corrected chi connectivity index (χ1v) is 5.71. The summed E-state index contributed by atoms with van der Waals surface area (Å²) in [7, 11) is 0. The van der Waals surface area contributed by atoms with Gasteiger partial charge in [-0.3, -0.25) is 9.48 Å². The number of hydrogen-bond donors (Lipinski definition) is 0. The number of ketones is 1. The molecule has 1 aromatic heterocycles. The van der Waals surface area contributed by atoms with Gasteiger partial charge in [-0.1, -0.05) is 18.2 Å². The highest BCUT2D eigenvalue weighted by atomic mass is 19.1. The van der Waals surface area contributed by atoms with Gasteiger partial charge in [-0.25, -0.2) is 4.39 Å². The maximum Gasteiger partial charge on any atom is 0.206 e. The van der Waals surface area contributed by atoms with Crippen molar-refractivity contribution in [2.24, 2.45) is 0 Å². The van der Waals surface area contributed by atoms with E-state index < -0.39 is 0 Å². The summed E-state index contributed by atoms with van der Waals surface area (Å²) in [6.07, 6.45) is 4.54. The van der Waals surface area contributed by atoms with Crippen LogP contribution in [0, 0.1) is 5.82 Å². The van der Waals surface area contributed by atoms with E-state index in [0.717, 1.165) is 0 Å². The number of hydrogen-bond acceptors (Lipinski definition) is 2. The average Bonchev–Trinajstić information content (AvgIpc) is 2.86. The molecule has 4 heteroatoms. The van der Waals surface area contributed by atoms with Crippen LogP contribution in [-0.2, 0) is 6.54 Å². The van der Waals surface area contributed by atoms with Crippen molar-refractivity contribution < 1.29 is 9.18 Å². The van der Waals surface area contributed by atoms with Crippen LogP contribution in [-0.4, -0.2) is 15.6 Å². The molecule has 0 amide bonds. The Bertz CT molecular complexity index is 587. The van der Waals surface area contributed by atoms with Crippen molar-refractivity contribution >= 4 is 11.9 Å². The number of allylic oxidation sites excluding steroid dienone is 1. The Kier molecular flexibility index (Phi) is 3.67. The van der Waals surface area contributed by atoms with E-state index in [1.54, 1.807) is 35.1 Å². The molecule has 0 aliphatic carbocycles. The fourth-order valence-corrected chi connectivity index (χ4v) is 1.53. The van der Waals surface area contributed by atoms with Crippen molar-refractivity contribution in [3.05, 3.63) is 59.7 Å². The molecule has 0 radical (unpaired) electrons. The first-order chi connectivity index (χ1) is 8.70. The smallest absolute Gasteiger partial charge is 0.206 e. The van der Waals surface area contributed by atoms with Crippen LogP contribution < -0.4 is 0 Å². The van der Waals surface area contributed by atoms with E-state index in [4.69, 9.17) is 0 Å². The normalized spacial score (nSPS) is 11.0. The molecule has 2 rings (SSSR count). The molecule has 1 heterocycles. The zero-order valence-electron chi connectivity index (χ0n) is 10.0. The predicted molar refractivity (Wildman–Crippen MR) is 67.7 cm³/mol. The van der Waals surface area contributed by atoms with Crippen LogP contribution in [0.1, 0.15) is 23.0 Å². The highest BCUT2D eigenvalue weighted by Crippen LogP contribution is 2.09. The number of aryl methyl sites for hydroxylation is 1. The molecule has 92 valence electrons. The van der Waals surface area contributed by atoms with Crippen LogP contribution >= 0.6 is 0 Å². The van der Waals surface area contributed by atoms with Gasteiger partial charge in [0.2, 0.25) is 5.78 Å². The molecule has 0 unspecified atom stereocenters. The summed E-state index contributed by atoms with van der Waals surface area (Å²) < 4.78 is 15.0. The second-order valence-electron chi connectivity index (χ2n) is 3.78. The van der Waals surface area contributed by atoms with Gasteiger partial charge in [-0.05, 0) is 31.2 Å². The van der Waals surface area contributed by atoms with E-state index in [1.807, 2.05) is 6.92 Å². The summed E-state index contributed by atoms with van der Waals surface area (Å²) in [5.41, 5.74) is 0.755. The van der Waals surface area contributed by atoms with Crippen LogP contribution in [0.25, 0.3) is 6.08 Å². The second-order valence-corrected chi connectivity index (χ2v) is 3.78. The minimum Gasteiger partial charge on any atom is -0.287 e. The third kappa shape index (κ3) is 2.71. The molecule has 2 aromatic rings. The highest BCUT2D eigenvalue weighted by molar-refractivity contribution is 6.05. The summed E-state index contributed by atoms with van der Waals surface area (Å²) in [4.78, 5) is 11.8. The monoisotopic (exact) mass is 244 g/mol. The fraction of sp³-hybridized carbons (Fsp3) is 0.143. The van der Waals surface area contributed by atoms with Gasteiger partial charge >= 0.3 is 0 Å². The van der Waals surface area contributed by atoms with E-state index in [9.17, 15) is 9.18 Å². The molecule has 0 aliphatic heterocycles. The Morgan fingerprint density at radius 1 is 1.39 bits per heavy atom. The molecule has 0 fully saturated rings. The van der Waals surface area contributed by atoms with Crippen LogP contribution in [0.3, 0.4) is 0 Å². The van der Waals surface area contributed by atoms with Crippen LogP contribution in [0.5, 0.6) is 0 Å². The lowest BCUT2D eigenvalue weighted by Crippen LogP contribution is -2.00. The zero-order chi connectivity index (χ0) is 13.0. The molecule has 3 nitrogen and oxygen atoms in total. The largest absolute Gasteiger partial charge is 0.287 e. The Balaban J connectivity index is 2.14. The van der Waals surface area contributed by atoms with Crippen molar-refractivity contribution in [2.75, 3.05) is 0 Å². The van der Waals surface area contributed by atoms with E-state index in [0.29, 0.717) is 17.8 Å². The summed E-state index contributed by atoms with van der Waals surface area (Å²) in [6.45, 7) is 2.65. The summed E-state index contributed by atoms with van der Waals surface area (Å²) in [6, 6.07) is 7.95. The van der Waals surface area contributed by atoms with E-state index in [2.05, 4.69) is 5.10 Å². The molecule has 0 saturated carbocycles. The first-order valence-electron chi connectivity index (χ1n) is 5.71. The van der Waals surface area contributed by atoms with Crippen molar-refractivity contribution in [3.8, 4) is 0 Å². The number of benzene rings is 1. The minimum atomic E-state index is -0.347. The molecule has 0 aliphatic rings. The number of carbonyl (C=O) groups is 1. The van der Waals surface area contributed by atoms with Crippen molar-refractivity contribution in [2.45, 2.75) is 13.5 Å². The Labute approximate surface area is 105 Å². The number of carbonyl (C=O) groups excluding carboxylic acids is 1. The topological polar surface area (TPSA) is 34.9 Å². The lowest BCUT2D eigenvalue weighted by atomic mass is 10.1. The average molecular weight is 244 g/mol. The third-order valence-corrected chi connectivity index (χ3v) is 2.54. The molecule has 18 heavy (non-hydrogen) atoms. The van der Waals surface area contributed by atoms with E-state index in [1.165, 1.54) is 18.2 Å². The zero-order valence-corrected chi connectivity index (χ0v) is 10.0. The molecule has 0 atom stereocenters. The highest BCUT2D eigenvalue weighted by Gasteiger charge is 2.05. The van der Waals surface area contributed by atoms with Gasteiger partial charge in [0.15, 0.2) is 0 Å². The lowest BCUT2D eigenvalue weighted by Gasteiger charge is -1.95. The summed E-state index contributed by atoms with van der Waals surface area (Å²) >= 11 is 0. The molecular formula is C14H13FN2O. The SMILES string of the molecule is CCn1ccc(C(=O)/C=C/c2ccccc2F)n1. The van der Waals surface area contributed by atoms with Crippen molar-refractivity contribution in [1.82, 2.24) is 9.78 Å². The van der Waals surface area contributed by atoms with Gasteiger partial charge in [0.05, 0.1) is 0 Å². The maximum absolute atomic E-state index is 13.3. The van der Waals surface area contributed by atoms with Gasteiger partial charge in [-0.2, -0.15) is 5.10 Å². The Morgan fingerprint density at radius 3 is 2.83 bits per heavy atom. The van der Waals surface area contributed by atoms with Gasteiger partial charge in [0, 0.05) is 18.3 Å². The second kappa shape index (κ2) is 5.40. The standard InChI is InChI=1S/C14H13FN2O/c1-2-17-10-9-13(16-17)14(18)8-7-11-5-3-4-6-12(11)15/h3-10H,2H2,1H3/b8-7+. The van der Waals surface area contributed by atoms with Gasteiger partial charge in [-0.15, -0.1) is 0 Å². The molecule has 0 bridgehead atoms. The third-order valence-electron chi connectivity index (χ3n) is 2.54. The van der Waals surface area contributed by atoms with Crippen LogP contribution in [0.4, 0.5) is 4.39 Å². The molecule has 0 N–H and O–H groups in total. The Morgan fingerprint density at radius 2 is 2.17 bits per heavy atom. The maximum atomic E-state index is 13.3. The van der Waals surface area contributed by atoms with E-state index >= 15 is 0 Å². The van der Waals surface area contributed by atoms with Gasteiger partial charge in [0.1, 0.15) is 11.5 Å². The lowest BCUT2D eigenvalue weighted by molar-refractivity contribution is 0.104. The number of rotatable bonds is 4. The van der Waals surface area contributed by atoms with Gasteiger partial charge < -0.3 is 0 Å². The number of aromatic nitrogens is 2. The predicted octanol–water partition coefficient (Wildman–Crippen LogP) is 2.94. The van der Waals surface area contributed by atoms with Crippen LogP contribution in [0.15, 0.2) is 42.6 Å². The molecular weight excluding hydrogens is 231 g/mol. The fourth-order valence-electron chi connectivity index (χ4n) is 1.53. The first kappa shape index (κ1) is 12.2. The number of halogens is 1. The van der Waals surface area contributed by atoms with Crippen LogP contribution in [0.2, 0.25) is 0 Å². The molecule has 1 aromatic carbocycles. The van der Waals surface area contributed by atoms with Crippen molar-refractivity contribution in [1.29, 1.82) is 0 Å². The summed E-state index contributed by atoms with van der Waals surface area (Å²) in [5.74, 6) is -0.578. The molecule has 0 spiro atoms. The van der Waals surface area contributed by atoms with E-state index in [-0.39, 0.29) is 11.6 Å². The van der Waals surface area contributed by atoms with Crippen molar-refractivity contribution in [3.63, 3.8) is 0 Å². The summed E-state index contributed by atoms with van der Waals surface area (Å²) in [5, 5.41) is 4.09. The number of nitrogens with zero attached hydrogens (tertiary/aromatic N) is 2.